The molecule has 0 spiro atoms. The number of carbonyl (C=O) groups excluding carboxylic acids is 1. The molecule has 1 aliphatic heterocycles. The second-order valence-corrected chi connectivity index (χ2v) is 8.13. The Morgan fingerprint density at radius 2 is 1.83 bits per heavy atom. The topological polar surface area (TPSA) is 41.6 Å². The van der Waals surface area contributed by atoms with Gasteiger partial charge in [0.1, 0.15) is 5.60 Å². The molecule has 1 aromatic rings. The van der Waals surface area contributed by atoms with Crippen molar-refractivity contribution in [1.29, 1.82) is 0 Å². The van der Waals surface area contributed by atoms with Crippen LogP contribution in [0.4, 0.5) is 4.79 Å². The average molecular weight is 332 g/mol. The maximum absolute atomic E-state index is 12.2. The molecule has 0 radical (unpaired) electrons. The van der Waals surface area contributed by atoms with E-state index in [0.29, 0.717) is 12.0 Å². The van der Waals surface area contributed by atoms with E-state index in [9.17, 15) is 4.79 Å². The van der Waals surface area contributed by atoms with Gasteiger partial charge in [0, 0.05) is 18.6 Å². The summed E-state index contributed by atoms with van der Waals surface area (Å²) in [6.07, 6.45) is 0.748. The summed E-state index contributed by atoms with van der Waals surface area (Å²) >= 11 is 0. The Hall–Kier alpha value is -1.55. The van der Waals surface area contributed by atoms with Crippen LogP contribution in [0, 0.1) is 5.92 Å². The van der Waals surface area contributed by atoms with Crippen LogP contribution >= 0.6 is 0 Å². The van der Waals surface area contributed by atoms with Crippen molar-refractivity contribution in [3.05, 3.63) is 35.9 Å². The molecule has 1 amide bonds. The molecule has 0 bridgehead atoms. The van der Waals surface area contributed by atoms with Crippen LogP contribution in [0.5, 0.6) is 0 Å². The molecule has 4 nitrogen and oxygen atoms in total. The number of likely N-dealkylation sites (tertiary alicyclic amines) is 1. The van der Waals surface area contributed by atoms with E-state index in [4.69, 9.17) is 4.74 Å². The molecule has 2 rings (SSSR count). The highest BCUT2D eigenvalue weighted by molar-refractivity contribution is 5.68. The molecule has 0 aromatic heterocycles. The zero-order valence-corrected chi connectivity index (χ0v) is 15.9. The van der Waals surface area contributed by atoms with Crippen LogP contribution in [0.2, 0.25) is 0 Å². The van der Waals surface area contributed by atoms with E-state index < -0.39 is 5.60 Å². The van der Waals surface area contributed by atoms with E-state index in [1.54, 1.807) is 0 Å². The van der Waals surface area contributed by atoms with E-state index in [0.717, 1.165) is 13.0 Å². The number of alkyl carbamates (subject to hydrolysis) is 1. The quantitative estimate of drug-likeness (QED) is 0.902. The van der Waals surface area contributed by atoms with Gasteiger partial charge in [-0.15, -0.1) is 0 Å². The first-order valence-electron chi connectivity index (χ1n) is 8.96. The van der Waals surface area contributed by atoms with Gasteiger partial charge in [0.2, 0.25) is 0 Å². The first kappa shape index (κ1) is 18.8. The number of carbonyl (C=O) groups is 1. The summed E-state index contributed by atoms with van der Waals surface area (Å²) in [7, 11) is 0. The minimum absolute atomic E-state index is 0.0970. The van der Waals surface area contributed by atoms with Crippen LogP contribution in [0.15, 0.2) is 30.3 Å². The predicted octanol–water partition coefficient (Wildman–Crippen LogP) is 4.20. The molecule has 134 valence electrons. The van der Waals surface area contributed by atoms with Gasteiger partial charge in [0.25, 0.3) is 0 Å². The highest BCUT2D eigenvalue weighted by atomic mass is 16.6. The molecule has 1 saturated heterocycles. The maximum atomic E-state index is 12.2. The third-order valence-corrected chi connectivity index (χ3v) is 4.83. The van der Waals surface area contributed by atoms with Crippen LogP contribution in [0.3, 0.4) is 0 Å². The first-order chi connectivity index (χ1) is 11.2. The van der Waals surface area contributed by atoms with Gasteiger partial charge in [-0.25, -0.2) is 4.79 Å². The summed E-state index contributed by atoms with van der Waals surface area (Å²) in [4.78, 5) is 14.7. The summed E-state index contributed by atoms with van der Waals surface area (Å²) in [5.41, 5.74) is 0.837. The van der Waals surface area contributed by atoms with Crippen molar-refractivity contribution in [3.63, 3.8) is 0 Å². The minimum atomic E-state index is -0.470. The second-order valence-electron chi connectivity index (χ2n) is 8.13. The molecule has 1 aliphatic rings. The van der Waals surface area contributed by atoms with Crippen LogP contribution in [-0.2, 0) is 11.3 Å². The van der Waals surface area contributed by atoms with Gasteiger partial charge in [-0.1, -0.05) is 37.3 Å². The number of amides is 1. The van der Waals surface area contributed by atoms with Gasteiger partial charge in [0.15, 0.2) is 0 Å². The minimum Gasteiger partial charge on any atom is -0.444 e. The van der Waals surface area contributed by atoms with E-state index in [1.165, 1.54) is 5.56 Å². The Balaban J connectivity index is 2.07. The Morgan fingerprint density at radius 3 is 2.42 bits per heavy atom. The number of rotatable bonds is 3. The smallest absolute Gasteiger partial charge is 0.407 e. The van der Waals surface area contributed by atoms with E-state index >= 15 is 0 Å². The summed E-state index contributed by atoms with van der Waals surface area (Å²) in [6, 6.07) is 11.4. The largest absolute Gasteiger partial charge is 0.444 e. The van der Waals surface area contributed by atoms with Gasteiger partial charge in [-0.3, -0.25) is 4.90 Å². The molecule has 4 atom stereocenters. The summed E-state index contributed by atoms with van der Waals surface area (Å²) in [5.74, 6) is 0.426. The summed E-state index contributed by atoms with van der Waals surface area (Å²) in [6.45, 7) is 13.3. The zero-order chi connectivity index (χ0) is 17.9. The van der Waals surface area contributed by atoms with Crippen LogP contribution in [0.1, 0.15) is 53.5 Å². The first-order valence-corrected chi connectivity index (χ1v) is 8.96. The Morgan fingerprint density at radius 1 is 1.21 bits per heavy atom. The van der Waals surface area contributed by atoms with Crippen molar-refractivity contribution < 1.29 is 9.53 Å². The molecular weight excluding hydrogens is 300 g/mol. The van der Waals surface area contributed by atoms with Crippen LogP contribution < -0.4 is 5.32 Å². The van der Waals surface area contributed by atoms with E-state index in [2.05, 4.69) is 55.3 Å². The lowest BCUT2D eigenvalue weighted by Crippen LogP contribution is -2.60. The van der Waals surface area contributed by atoms with Gasteiger partial charge < -0.3 is 10.1 Å². The molecule has 1 heterocycles. The molecule has 24 heavy (non-hydrogen) atoms. The number of hydrogen-bond donors (Lipinski definition) is 1. The Labute approximate surface area is 146 Å². The standard InChI is InChI=1S/C20H32N2O2/c1-14-12-15(2)22(13-17-10-8-7-9-11-17)16(3)18(14)21-19(23)24-20(4,5)6/h7-11,14-16,18H,12-13H2,1-6H3,(H,21,23)/t14-,15+,16+,18-/m1/s1. The highest BCUT2D eigenvalue weighted by Crippen LogP contribution is 2.29. The number of hydrogen-bond acceptors (Lipinski definition) is 3. The van der Waals surface area contributed by atoms with Gasteiger partial charge >= 0.3 is 6.09 Å². The third-order valence-electron chi connectivity index (χ3n) is 4.83. The zero-order valence-electron chi connectivity index (χ0n) is 15.9. The molecule has 0 aliphatic carbocycles. The number of nitrogens with zero attached hydrogens (tertiary/aromatic N) is 1. The van der Waals surface area contributed by atoms with Crippen LogP contribution in [-0.4, -0.2) is 34.7 Å². The lowest BCUT2D eigenvalue weighted by atomic mass is 9.83. The van der Waals surface area contributed by atoms with Crippen molar-refractivity contribution >= 4 is 6.09 Å². The Bertz CT molecular complexity index is 538. The van der Waals surface area contributed by atoms with Gasteiger partial charge in [-0.2, -0.15) is 0 Å². The van der Waals surface area contributed by atoms with E-state index in [-0.39, 0.29) is 18.2 Å². The van der Waals surface area contributed by atoms with Gasteiger partial charge in [0.05, 0.1) is 6.04 Å². The van der Waals surface area contributed by atoms with E-state index in [1.807, 2.05) is 26.8 Å². The SMILES string of the molecule is C[C@@H]1C[C@H](C)N(Cc2ccccc2)[C@@H](C)[C@@H]1NC(=O)OC(C)(C)C. The lowest BCUT2D eigenvalue weighted by Gasteiger charge is -2.47. The molecule has 0 unspecified atom stereocenters. The summed E-state index contributed by atoms with van der Waals surface area (Å²) < 4.78 is 5.45. The Kier molecular flexibility index (Phi) is 5.92. The molecule has 0 saturated carbocycles. The fourth-order valence-electron chi connectivity index (χ4n) is 3.70. The maximum Gasteiger partial charge on any atom is 0.407 e. The fourth-order valence-corrected chi connectivity index (χ4v) is 3.70. The summed E-state index contributed by atoms with van der Waals surface area (Å²) in [5, 5.41) is 3.11. The van der Waals surface area contributed by atoms with Crippen molar-refractivity contribution in [1.82, 2.24) is 10.2 Å². The monoisotopic (exact) mass is 332 g/mol. The second kappa shape index (κ2) is 7.56. The average Bonchev–Trinajstić information content (AvgIpc) is 2.47. The lowest BCUT2D eigenvalue weighted by molar-refractivity contribution is 0.0171. The van der Waals surface area contributed by atoms with Crippen molar-refractivity contribution in [2.24, 2.45) is 5.92 Å². The molecule has 1 aromatic carbocycles. The normalized spacial score (nSPS) is 28.4. The van der Waals surface area contributed by atoms with Gasteiger partial charge in [-0.05, 0) is 52.5 Å². The number of ether oxygens (including phenoxy) is 1. The van der Waals surface area contributed by atoms with Crippen molar-refractivity contribution in [2.75, 3.05) is 0 Å². The van der Waals surface area contributed by atoms with Crippen molar-refractivity contribution in [3.8, 4) is 0 Å². The number of piperidine rings is 1. The molecular formula is C20H32N2O2. The van der Waals surface area contributed by atoms with Crippen molar-refractivity contribution in [2.45, 2.75) is 78.2 Å². The molecule has 4 heteroatoms. The van der Waals surface area contributed by atoms with Crippen LogP contribution in [0.25, 0.3) is 0 Å². The number of nitrogens with one attached hydrogen (secondary N) is 1. The third kappa shape index (κ3) is 4.97. The molecule has 1 N–H and O–H groups in total. The number of benzene rings is 1. The highest BCUT2D eigenvalue weighted by Gasteiger charge is 2.38. The predicted molar refractivity (Wildman–Crippen MR) is 97.8 cm³/mol. The fraction of sp³-hybridized carbons (Fsp3) is 0.650. The molecule has 1 fully saturated rings.